The van der Waals surface area contributed by atoms with Crippen molar-refractivity contribution in [1.29, 1.82) is 0 Å². The lowest BCUT2D eigenvalue weighted by molar-refractivity contribution is -0.896. The van der Waals surface area contributed by atoms with E-state index in [2.05, 4.69) is 28.2 Å². The molecule has 2 heterocycles. The summed E-state index contributed by atoms with van der Waals surface area (Å²) in [5, 5.41) is 0. The lowest BCUT2D eigenvalue weighted by Gasteiger charge is -2.36. The third-order valence-electron chi connectivity index (χ3n) is 5.15. The van der Waals surface area contributed by atoms with Crippen molar-refractivity contribution in [2.75, 3.05) is 54.4 Å². The maximum atomic E-state index is 11.8. The molecule has 0 spiro atoms. The summed E-state index contributed by atoms with van der Waals surface area (Å²) >= 11 is 0. The summed E-state index contributed by atoms with van der Waals surface area (Å²) in [6.07, 6.45) is 5.78. The van der Waals surface area contributed by atoms with Crippen molar-refractivity contribution in [1.82, 2.24) is 0 Å². The number of hydrogen-bond donors (Lipinski definition) is 0. The van der Waals surface area contributed by atoms with Gasteiger partial charge in [-0.1, -0.05) is 0 Å². The Balaban J connectivity index is 1.69. The van der Waals surface area contributed by atoms with E-state index in [1.807, 2.05) is 0 Å². The van der Waals surface area contributed by atoms with Gasteiger partial charge in [-0.3, -0.25) is 0 Å². The van der Waals surface area contributed by atoms with Crippen LogP contribution in [0.2, 0.25) is 0 Å². The quantitative estimate of drug-likeness (QED) is 0.437. The smallest absolute Gasteiger partial charge is 0.331 e. The summed E-state index contributed by atoms with van der Waals surface area (Å²) in [6, 6.07) is 0. The van der Waals surface area contributed by atoms with E-state index in [1.54, 1.807) is 0 Å². The van der Waals surface area contributed by atoms with Gasteiger partial charge in [-0.05, 0) is 0 Å². The molecule has 2 rings (SSSR count). The van der Waals surface area contributed by atoms with Crippen molar-refractivity contribution in [2.45, 2.75) is 37.9 Å². The van der Waals surface area contributed by atoms with Gasteiger partial charge in [-0.25, -0.2) is 9.59 Å². The highest BCUT2D eigenvalue weighted by atomic mass is 16.5. The summed E-state index contributed by atoms with van der Waals surface area (Å²) in [5.41, 5.74) is 0. The van der Waals surface area contributed by atoms with Crippen LogP contribution in [0, 0.1) is 0 Å². The molecule has 24 heavy (non-hydrogen) atoms. The van der Waals surface area contributed by atoms with Crippen LogP contribution in [0.4, 0.5) is 0 Å². The van der Waals surface area contributed by atoms with Crippen LogP contribution in [0.5, 0.6) is 0 Å². The second kappa shape index (κ2) is 7.66. The molecular weight excluding hydrogens is 308 g/mol. The Hall–Kier alpha value is -1.40. The third kappa shape index (κ3) is 6.24. The molecule has 2 saturated heterocycles. The minimum Gasteiger partial charge on any atom is -0.459 e. The van der Waals surface area contributed by atoms with Crippen LogP contribution < -0.4 is 0 Å². The predicted molar refractivity (Wildman–Crippen MR) is 91.1 cm³/mol. The standard InChI is InChI=1S/C18H32N2O4/c1-19(2)11-7-15(8-12-19)23-17(21)5-6-18(22)24-16-9-13-20(3,4)14-10-16/h5-6,15-16H,7-14H2,1-4H3/q+2/b6-5+. The van der Waals surface area contributed by atoms with Gasteiger partial charge in [-0.15, -0.1) is 0 Å². The first-order chi connectivity index (χ1) is 11.2. The molecule has 6 heteroatoms. The fourth-order valence-corrected chi connectivity index (χ4v) is 3.27. The van der Waals surface area contributed by atoms with E-state index in [1.165, 1.54) is 12.2 Å². The molecule has 0 atom stereocenters. The van der Waals surface area contributed by atoms with E-state index in [-0.39, 0.29) is 12.2 Å². The molecule has 0 amide bonds. The molecule has 0 radical (unpaired) electrons. The average Bonchev–Trinajstić information content (AvgIpc) is 2.50. The van der Waals surface area contributed by atoms with Gasteiger partial charge in [0.05, 0.1) is 54.4 Å². The maximum Gasteiger partial charge on any atom is 0.331 e. The average molecular weight is 340 g/mol. The molecule has 2 aliphatic heterocycles. The zero-order valence-corrected chi connectivity index (χ0v) is 15.5. The van der Waals surface area contributed by atoms with Crippen molar-refractivity contribution < 1.29 is 28.0 Å². The summed E-state index contributed by atoms with van der Waals surface area (Å²) < 4.78 is 12.7. The van der Waals surface area contributed by atoms with E-state index in [9.17, 15) is 9.59 Å². The second-order valence-corrected chi connectivity index (χ2v) is 8.37. The number of rotatable bonds is 4. The van der Waals surface area contributed by atoms with Crippen LogP contribution in [0.25, 0.3) is 0 Å². The molecule has 0 saturated carbocycles. The molecule has 0 unspecified atom stereocenters. The van der Waals surface area contributed by atoms with Gasteiger partial charge in [0.15, 0.2) is 0 Å². The molecule has 6 nitrogen and oxygen atoms in total. The summed E-state index contributed by atoms with van der Waals surface area (Å²) in [4.78, 5) is 23.7. The van der Waals surface area contributed by atoms with Gasteiger partial charge in [0, 0.05) is 37.8 Å². The molecule has 0 bridgehead atoms. The normalized spacial score (nSPS) is 24.7. The third-order valence-corrected chi connectivity index (χ3v) is 5.15. The number of carbonyl (C=O) groups is 2. The number of esters is 2. The van der Waals surface area contributed by atoms with E-state index < -0.39 is 11.9 Å². The molecule has 2 fully saturated rings. The molecule has 0 aromatic rings. The zero-order valence-electron chi connectivity index (χ0n) is 15.5. The maximum absolute atomic E-state index is 11.8. The van der Waals surface area contributed by atoms with Gasteiger partial charge in [-0.2, -0.15) is 0 Å². The molecular formula is C18H32N2O4+2. The number of hydrogen-bond acceptors (Lipinski definition) is 4. The molecule has 0 aromatic carbocycles. The van der Waals surface area contributed by atoms with Gasteiger partial charge >= 0.3 is 11.9 Å². The first-order valence-corrected chi connectivity index (χ1v) is 8.89. The van der Waals surface area contributed by atoms with Crippen molar-refractivity contribution in [3.05, 3.63) is 12.2 Å². The molecule has 0 aromatic heterocycles. The predicted octanol–water partition coefficient (Wildman–Crippen LogP) is 1.11. The first-order valence-electron chi connectivity index (χ1n) is 8.89. The van der Waals surface area contributed by atoms with Crippen LogP contribution >= 0.6 is 0 Å². The topological polar surface area (TPSA) is 52.6 Å². The second-order valence-electron chi connectivity index (χ2n) is 8.37. The highest BCUT2D eigenvalue weighted by molar-refractivity contribution is 5.91. The number of piperidine rings is 2. The van der Waals surface area contributed by atoms with Crippen molar-refractivity contribution in [3.8, 4) is 0 Å². The minimum absolute atomic E-state index is 0.0392. The van der Waals surface area contributed by atoms with Crippen molar-refractivity contribution in [3.63, 3.8) is 0 Å². The fraction of sp³-hybridized carbons (Fsp3) is 0.778. The minimum atomic E-state index is -0.453. The Bertz CT molecular complexity index is 435. The highest BCUT2D eigenvalue weighted by Gasteiger charge is 2.29. The molecule has 136 valence electrons. The summed E-state index contributed by atoms with van der Waals surface area (Å²) in [7, 11) is 8.72. The van der Waals surface area contributed by atoms with Crippen LogP contribution in [0.15, 0.2) is 12.2 Å². The lowest BCUT2D eigenvalue weighted by atomic mass is 10.1. The van der Waals surface area contributed by atoms with Crippen molar-refractivity contribution >= 4 is 11.9 Å². The Kier molecular flexibility index (Phi) is 6.04. The fourth-order valence-electron chi connectivity index (χ4n) is 3.27. The molecule has 2 aliphatic rings. The van der Waals surface area contributed by atoms with Crippen LogP contribution in [-0.2, 0) is 19.1 Å². The van der Waals surface area contributed by atoms with Gasteiger partial charge in [0.1, 0.15) is 12.2 Å². The van der Waals surface area contributed by atoms with Crippen molar-refractivity contribution in [2.24, 2.45) is 0 Å². The zero-order chi connectivity index (χ0) is 17.8. The number of likely N-dealkylation sites (tertiary alicyclic amines) is 2. The Morgan fingerprint density at radius 1 is 0.708 bits per heavy atom. The lowest BCUT2D eigenvalue weighted by Crippen LogP contribution is -2.48. The van der Waals surface area contributed by atoms with Crippen LogP contribution in [-0.4, -0.2) is 87.5 Å². The van der Waals surface area contributed by atoms with Gasteiger partial charge < -0.3 is 18.4 Å². The monoisotopic (exact) mass is 340 g/mol. The Morgan fingerprint density at radius 2 is 1.00 bits per heavy atom. The number of nitrogens with zero attached hydrogens (tertiary/aromatic N) is 2. The first kappa shape index (κ1) is 18.9. The van der Waals surface area contributed by atoms with E-state index in [0.29, 0.717) is 0 Å². The van der Waals surface area contributed by atoms with E-state index in [0.717, 1.165) is 60.8 Å². The largest absolute Gasteiger partial charge is 0.459 e. The number of quaternary nitrogens is 2. The van der Waals surface area contributed by atoms with Crippen LogP contribution in [0.1, 0.15) is 25.7 Å². The highest BCUT2D eigenvalue weighted by Crippen LogP contribution is 2.18. The van der Waals surface area contributed by atoms with Gasteiger partial charge in [0.2, 0.25) is 0 Å². The van der Waals surface area contributed by atoms with E-state index in [4.69, 9.17) is 9.47 Å². The molecule has 0 N–H and O–H groups in total. The summed E-state index contributed by atoms with van der Waals surface area (Å²) in [5.74, 6) is -0.906. The Morgan fingerprint density at radius 3 is 1.29 bits per heavy atom. The summed E-state index contributed by atoms with van der Waals surface area (Å²) in [6.45, 7) is 4.00. The van der Waals surface area contributed by atoms with Gasteiger partial charge in [0.25, 0.3) is 0 Å². The number of ether oxygens (including phenoxy) is 2. The van der Waals surface area contributed by atoms with Crippen LogP contribution in [0.3, 0.4) is 0 Å². The Labute approximate surface area is 145 Å². The number of carbonyl (C=O) groups excluding carboxylic acids is 2. The SMILES string of the molecule is C[N+]1(C)CCC(OC(=O)/C=C/C(=O)OC2CC[N+](C)(C)CC2)CC1. The molecule has 0 aliphatic carbocycles. The van der Waals surface area contributed by atoms with E-state index >= 15 is 0 Å².